The summed E-state index contributed by atoms with van der Waals surface area (Å²) in [7, 11) is -3.51. The lowest BCUT2D eigenvalue weighted by atomic mass is 9.85. The van der Waals surface area contributed by atoms with E-state index in [9.17, 15) is 23.1 Å². The van der Waals surface area contributed by atoms with Crippen molar-refractivity contribution < 1.29 is 23.1 Å². The van der Waals surface area contributed by atoms with Crippen molar-refractivity contribution in [1.82, 2.24) is 4.90 Å². The zero-order valence-electron chi connectivity index (χ0n) is 11.7. The Morgan fingerprint density at radius 2 is 2.10 bits per heavy atom. The smallest absolute Gasteiger partial charge is 0.334 e. The summed E-state index contributed by atoms with van der Waals surface area (Å²) in [6, 6.07) is 6.02. The number of amides is 1. The summed E-state index contributed by atoms with van der Waals surface area (Å²) in [4.78, 5) is 24.5. The number of hydrogen-bond donors (Lipinski definition) is 1. The molecule has 1 atom stereocenters. The van der Waals surface area contributed by atoms with Gasteiger partial charge in [-0.1, -0.05) is 25.1 Å². The molecule has 0 saturated heterocycles. The summed E-state index contributed by atoms with van der Waals surface area (Å²) >= 11 is 0. The molecular formula is C14H17NO5S. The summed E-state index contributed by atoms with van der Waals surface area (Å²) in [6.07, 6.45) is 0.940. The van der Waals surface area contributed by atoms with E-state index < -0.39 is 21.3 Å². The molecule has 0 bridgehead atoms. The van der Waals surface area contributed by atoms with Crippen molar-refractivity contribution in [3.8, 4) is 0 Å². The topological polar surface area (TPSA) is 91.8 Å². The highest BCUT2D eigenvalue weighted by molar-refractivity contribution is 7.91. The first kappa shape index (κ1) is 15.5. The van der Waals surface area contributed by atoms with Crippen molar-refractivity contribution in [2.75, 3.05) is 12.3 Å². The van der Waals surface area contributed by atoms with Gasteiger partial charge < -0.3 is 10.0 Å². The molecule has 0 saturated carbocycles. The van der Waals surface area contributed by atoms with Crippen LogP contribution in [0, 0.1) is 0 Å². The fourth-order valence-electron chi connectivity index (χ4n) is 2.82. The fourth-order valence-corrected chi connectivity index (χ4v) is 4.47. The molecule has 1 heterocycles. The third-order valence-corrected chi connectivity index (χ3v) is 5.60. The summed E-state index contributed by atoms with van der Waals surface area (Å²) in [5, 5.41) is 9.74. The number of benzene rings is 1. The van der Waals surface area contributed by atoms with Crippen molar-refractivity contribution in [2.24, 2.45) is 0 Å². The molecule has 1 aliphatic heterocycles. The van der Waals surface area contributed by atoms with Gasteiger partial charge in [0.05, 0.1) is 10.6 Å². The normalized spacial score (nSPS) is 23.1. The van der Waals surface area contributed by atoms with Crippen LogP contribution in [0.2, 0.25) is 0 Å². The van der Waals surface area contributed by atoms with Crippen LogP contribution in [0.1, 0.15) is 25.3 Å². The van der Waals surface area contributed by atoms with E-state index in [2.05, 4.69) is 0 Å². The number of carbonyl (C=O) groups is 2. The average Bonchev–Trinajstić information content (AvgIpc) is 2.46. The lowest BCUT2D eigenvalue weighted by molar-refractivity contribution is -0.157. The van der Waals surface area contributed by atoms with Crippen LogP contribution in [-0.2, 0) is 25.0 Å². The summed E-state index contributed by atoms with van der Waals surface area (Å²) < 4.78 is 24.3. The fraction of sp³-hybridized carbons (Fsp3) is 0.429. The number of carboxylic acids is 1. The second-order valence-corrected chi connectivity index (χ2v) is 7.11. The molecule has 1 aromatic carbocycles. The first-order valence-corrected chi connectivity index (χ1v) is 8.33. The number of rotatable bonds is 5. The van der Waals surface area contributed by atoms with E-state index in [0.29, 0.717) is 12.8 Å². The van der Waals surface area contributed by atoms with Crippen LogP contribution in [0.25, 0.3) is 0 Å². The van der Waals surface area contributed by atoms with Crippen molar-refractivity contribution in [3.05, 3.63) is 29.8 Å². The van der Waals surface area contributed by atoms with E-state index in [1.165, 1.54) is 17.0 Å². The Balaban J connectivity index is 2.74. The van der Waals surface area contributed by atoms with Crippen LogP contribution in [0.3, 0.4) is 0 Å². The second-order valence-electron chi connectivity index (χ2n) is 5.03. The number of aliphatic carboxylic acids is 1. The summed E-state index contributed by atoms with van der Waals surface area (Å²) in [5.41, 5.74) is -1.44. The monoisotopic (exact) mass is 311 g/mol. The second kappa shape index (κ2) is 5.48. The van der Waals surface area contributed by atoms with Crippen molar-refractivity contribution in [1.29, 1.82) is 0 Å². The van der Waals surface area contributed by atoms with E-state index in [0.717, 1.165) is 0 Å². The number of carboxylic acid groups (broad SMARTS) is 1. The predicted octanol–water partition coefficient (Wildman–Crippen LogP) is 1.01. The molecule has 1 N–H and O–H groups in total. The highest BCUT2D eigenvalue weighted by atomic mass is 32.2. The van der Waals surface area contributed by atoms with Crippen LogP contribution in [0.5, 0.6) is 0 Å². The van der Waals surface area contributed by atoms with Crippen LogP contribution in [0.15, 0.2) is 29.2 Å². The molecule has 1 amide bonds. The molecule has 21 heavy (non-hydrogen) atoms. The van der Waals surface area contributed by atoms with Gasteiger partial charge in [-0.2, -0.15) is 0 Å². The maximum atomic E-state index is 12.2. The number of nitrogens with zero attached hydrogens (tertiary/aromatic N) is 1. The quantitative estimate of drug-likeness (QED) is 0.819. The maximum Gasteiger partial charge on any atom is 0.334 e. The highest BCUT2D eigenvalue weighted by Gasteiger charge is 2.51. The first-order chi connectivity index (χ1) is 9.90. The minimum atomic E-state index is -3.51. The first-order valence-electron chi connectivity index (χ1n) is 6.68. The van der Waals surface area contributed by atoms with Crippen LogP contribution in [0.4, 0.5) is 0 Å². The minimum Gasteiger partial charge on any atom is -0.479 e. The molecule has 1 aromatic rings. The van der Waals surface area contributed by atoms with Gasteiger partial charge in [0, 0.05) is 18.5 Å². The Kier molecular flexibility index (Phi) is 4.04. The lowest BCUT2D eigenvalue weighted by Crippen LogP contribution is -2.55. The molecular weight excluding hydrogens is 294 g/mol. The number of fused-ring (bicyclic) bond motifs is 1. The molecule has 0 aliphatic carbocycles. The van der Waals surface area contributed by atoms with Gasteiger partial charge in [-0.05, 0) is 12.5 Å². The standard InChI is InChI=1S/C14H17NO5S/c1-2-8-15(10-16)14(13(17)18)7-9-21(19,20)12-6-4-3-5-11(12)14/h3-6,10H,2,7-9H2,1H3,(H,17,18). The molecule has 114 valence electrons. The van der Waals surface area contributed by atoms with Crippen molar-refractivity contribution in [2.45, 2.75) is 30.2 Å². The van der Waals surface area contributed by atoms with E-state index in [-0.39, 0.29) is 29.2 Å². The summed E-state index contributed by atoms with van der Waals surface area (Å²) in [6.45, 7) is 2.09. The number of sulfone groups is 1. The van der Waals surface area contributed by atoms with Crippen molar-refractivity contribution >= 4 is 22.2 Å². The predicted molar refractivity (Wildman–Crippen MR) is 75.5 cm³/mol. The Labute approximate surface area is 123 Å². The lowest BCUT2D eigenvalue weighted by Gasteiger charge is -2.41. The number of carbonyl (C=O) groups excluding carboxylic acids is 1. The molecule has 0 spiro atoms. The summed E-state index contributed by atoms with van der Waals surface area (Å²) in [5.74, 6) is -1.49. The molecule has 6 nitrogen and oxygen atoms in total. The molecule has 0 aromatic heterocycles. The van der Waals surface area contributed by atoms with Crippen LogP contribution >= 0.6 is 0 Å². The van der Waals surface area contributed by atoms with E-state index in [4.69, 9.17) is 0 Å². The average molecular weight is 311 g/mol. The zero-order valence-corrected chi connectivity index (χ0v) is 12.5. The van der Waals surface area contributed by atoms with E-state index in [1.807, 2.05) is 6.92 Å². The molecule has 2 rings (SSSR count). The Morgan fingerprint density at radius 1 is 1.43 bits per heavy atom. The highest BCUT2D eigenvalue weighted by Crippen LogP contribution is 2.41. The molecule has 0 radical (unpaired) electrons. The number of hydrogen-bond acceptors (Lipinski definition) is 4. The van der Waals surface area contributed by atoms with Gasteiger partial charge >= 0.3 is 5.97 Å². The Hall–Kier alpha value is -1.89. The van der Waals surface area contributed by atoms with E-state index >= 15 is 0 Å². The van der Waals surface area contributed by atoms with Gasteiger partial charge in [0.15, 0.2) is 15.4 Å². The van der Waals surface area contributed by atoms with Gasteiger partial charge in [-0.25, -0.2) is 13.2 Å². The molecule has 0 fully saturated rings. The van der Waals surface area contributed by atoms with Crippen LogP contribution in [-0.4, -0.2) is 43.1 Å². The minimum absolute atomic E-state index is 0.00148. The molecule has 1 aliphatic rings. The Bertz CT molecular complexity index is 670. The Morgan fingerprint density at radius 3 is 2.67 bits per heavy atom. The van der Waals surface area contributed by atoms with Crippen LogP contribution < -0.4 is 0 Å². The third-order valence-electron chi connectivity index (χ3n) is 3.84. The SMILES string of the molecule is CCCN(C=O)C1(C(=O)O)CCS(=O)(=O)c2ccccc21. The van der Waals surface area contributed by atoms with Gasteiger partial charge in [0.1, 0.15) is 0 Å². The van der Waals surface area contributed by atoms with Gasteiger partial charge in [0.2, 0.25) is 6.41 Å². The van der Waals surface area contributed by atoms with E-state index in [1.54, 1.807) is 12.1 Å². The van der Waals surface area contributed by atoms with Gasteiger partial charge in [0.25, 0.3) is 0 Å². The van der Waals surface area contributed by atoms with Crippen molar-refractivity contribution in [3.63, 3.8) is 0 Å². The molecule has 1 unspecified atom stereocenters. The molecule has 7 heteroatoms. The van der Waals surface area contributed by atoms with Gasteiger partial charge in [-0.3, -0.25) is 4.79 Å². The third kappa shape index (κ3) is 2.31. The van der Waals surface area contributed by atoms with Gasteiger partial charge in [-0.15, -0.1) is 0 Å². The largest absolute Gasteiger partial charge is 0.479 e. The maximum absolute atomic E-state index is 12.2. The zero-order chi connectivity index (χ0) is 15.7.